The van der Waals surface area contributed by atoms with Crippen LogP contribution in [-0.4, -0.2) is 23.3 Å². The van der Waals surface area contributed by atoms with E-state index in [1.165, 1.54) is 11.8 Å². The first kappa shape index (κ1) is 26.6. The Morgan fingerprint density at radius 1 is 1.18 bits per heavy atom. The van der Waals surface area contributed by atoms with Crippen LogP contribution in [0.15, 0.2) is 75.7 Å². The predicted molar refractivity (Wildman–Crippen MR) is 150 cm³/mol. The van der Waals surface area contributed by atoms with Crippen molar-refractivity contribution < 1.29 is 14.3 Å². The number of fused-ring (bicyclic) bond motifs is 1. The minimum atomic E-state index is -0.729. The van der Waals surface area contributed by atoms with Gasteiger partial charge in [0.1, 0.15) is 28.5 Å². The van der Waals surface area contributed by atoms with Crippen molar-refractivity contribution in [3.8, 4) is 22.6 Å². The number of benzene rings is 1. The molecule has 0 spiro atoms. The van der Waals surface area contributed by atoms with Gasteiger partial charge in [0.2, 0.25) is 5.88 Å². The Bertz CT molecular complexity index is 1550. The minimum absolute atomic E-state index is 0.0480. The Balaban J connectivity index is 1.60. The van der Waals surface area contributed by atoms with Gasteiger partial charge in [0.25, 0.3) is 0 Å². The molecule has 0 bridgehead atoms. The predicted octanol–water partition coefficient (Wildman–Crippen LogP) is 5.98. The number of nitrogens with two attached hydrogens (primary N) is 1. The Kier molecular flexibility index (Phi) is 8.02. The van der Waals surface area contributed by atoms with Gasteiger partial charge >= 0.3 is 5.97 Å². The molecule has 1 aliphatic carbocycles. The summed E-state index contributed by atoms with van der Waals surface area (Å²) in [5, 5.41) is 22.8. The van der Waals surface area contributed by atoms with Crippen LogP contribution >= 0.6 is 23.1 Å². The highest BCUT2D eigenvalue weighted by Crippen LogP contribution is 2.43. The van der Waals surface area contributed by atoms with E-state index < -0.39 is 11.9 Å². The van der Waals surface area contributed by atoms with Crippen molar-refractivity contribution in [3.05, 3.63) is 93.0 Å². The third-order valence-corrected chi connectivity index (χ3v) is 8.65. The Hall–Kier alpha value is -4.05. The molecule has 1 aliphatic heterocycles. The molecule has 2 N–H and O–H groups in total. The van der Waals surface area contributed by atoms with E-state index in [1.807, 2.05) is 47.8 Å². The van der Waals surface area contributed by atoms with Crippen molar-refractivity contribution in [2.75, 3.05) is 12.4 Å². The second-order valence-electron chi connectivity index (χ2n) is 9.07. The lowest BCUT2D eigenvalue weighted by Gasteiger charge is -2.28. The van der Waals surface area contributed by atoms with Gasteiger partial charge in [-0.15, -0.1) is 11.3 Å². The van der Waals surface area contributed by atoms with E-state index in [0.29, 0.717) is 16.3 Å². The zero-order valence-corrected chi connectivity index (χ0v) is 23.0. The highest BCUT2D eigenvalue weighted by atomic mass is 32.2. The van der Waals surface area contributed by atoms with Gasteiger partial charge in [-0.05, 0) is 55.2 Å². The lowest BCUT2D eigenvalue weighted by atomic mass is 9.83. The molecule has 3 heterocycles. The van der Waals surface area contributed by atoms with Crippen molar-refractivity contribution in [1.29, 1.82) is 10.5 Å². The summed E-state index contributed by atoms with van der Waals surface area (Å²) < 4.78 is 11.3. The number of hydrogen-bond acceptors (Lipinski definition) is 9. The van der Waals surface area contributed by atoms with Gasteiger partial charge < -0.3 is 15.2 Å². The number of carbonyl (C=O) groups excluding carboxylic acids is 1. The van der Waals surface area contributed by atoms with E-state index >= 15 is 0 Å². The summed E-state index contributed by atoms with van der Waals surface area (Å²) in [6.07, 6.45) is 3.88. The number of aromatic nitrogens is 1. The number of ether oxygens (including phenoxy) is 2. The van der Waals surface area contributed by atoms with Crippen molar-refractivity contribution in [3.63, 3.8) is 0 Å². The zero-order valence-electron chi connectivity index (χ0n) is 21.4. The van der Waals surface area contributed by atoms with Crippen molar-refractivity contribution >= 4 is 29.1 Å². The number of thioether (sulfide) groups is 1. The third kappa shape index (κ3) is 5.16. The molecule has 39 heavy (non-hydrogen) atoms. The quantitative estimate of drug-likeness (QED) is 0.280. The van der Waals surface area contributed by atoms with Crippen molar-refractivity contribution in [2.45, 2.75) is 43.6 Å². The molecule has 1 aromatic carbocycles. The summed E-state index contributed by atoms with van der Waals surface area (Å²) in [4.78, 5) is 19.3. The fraction of sp³-hybridized carbons (Fsp3) is 0.267. The van der Waals surface area contributed by atoms with Crippen molar-refractivity contribution in [2.24, 2.45) is 5.73 Å². The standard InChI is InChI=1S/C30H26N4O3S2/c1-2-36-30(35)27-23(37-28(33)20(15-31)25(27)18-9-4-3-5-10-18)17-39-29-21(16-32)26(24-13-8-14-38-24)19-11-6-7-12-22(19)34-29/h3-5,8-10,13-14,25H,2,6-7,11-12,17,33H2,1H3. The molecule has 0 fully saturated rings. The Labute approximate surface area is 235 Å². The molecule has 0 saturated heterocycles. The zero-order chi connectivity index (χ0) is 27.4. The second-order valence-corrected chi connectivity index (χ2v) is 11.0. The van der Waals surface area contributed by atoms with Crippen LogP contribution in [0.4, 0.5) is 0 Å². The molecule has 0 radical (unpaired) electrons. The van der Waals surface area contributed by atoms with E-state index in [1.54, 1.807) is 18.3 Å². The average molecular weight is 555 g/mol. The fourth-order valence-electron chi connectivity index (χ4n) is 5.09. The number of hydrogen-bond donors (Lipinski definition) is 1. The first-order valence-electron chi connectivity index (χ1n) is 12.7. The summed E-state index contributed by atoms with van der Waals surface area (Å²) in [6, 6.07) is 17.8. The van der Waals surface area contributed by atoms with Crippen LogP contribution in [0.1, 0.15) is 48.1 Å². The van der Waals surface area contributed by atoms with Gasteiger partial charge in [-0.3, -0.25) is 0 Å². The van der Waals surface area contributed by atoms with E-state index in [0.717, 1.165) is 52.9 Å². The Morgan fingerprint density at radius 3 is 2.67 bits per heavy atom. The maximum atomic E-state index is 13.3. The number of pyridine rings is 1. The first-order chi connectivity index (χ1) is 19.1. The number of thiophene rings is 1. The molecular weight excluding hydrogens is 528 g/mol. The summed E-state index contributed by atoms with van der Waals surface area (Å²) in [7, 11) is 0. The largest absolute Gasteiger partial charge is 0.463 e. The SMILES string of the molecule is CCOC(=O)C1=C(CSc2nc3c(c(-c4cccs4)c2C#N)CCCC3)OC(N)=C(C#N)C1c1ccccc1. The maximum absolute atomic E-state index is 13.3. The highest BCUT2D eigenvalue weighted by molar-refractivity contribution is 7.99. The molecular formula is C30H26N4O3S2. The Morgan fingerprint density at radius 2 is 1.97 bits per heavy atom. The second kappa shape index (κ2) is 11.8. The van der Waals surface area contributed by atoms with Gasteiger partial charge in [0.05, 0.1) is 29.4 Å². The van der Waals surface area contributed by atoms with E-state index in [4.69, 9.17) is 20.2 Å². The van der Waals surface area contributed by atoms with E-state index in [9.17, 15) is 15.3 Å². The van der Waals surface area contributed by atoms with E-state index in [-0.39, 0.29) is 29.4 Å². The molecule has 0 saturated carbocycles. The number of aryl methyl sites for hydroxylation is 1. The molecule has 2 aliphatic rings. The molecule has 5 rings (SSSR count). The van der Waals surface area contributed by atoms with Crippen LogP contribution < -0.4 is 5.73 Å². The lowest BCUT2D eigenvalue weighted by molar-refractivity contribution is -0.139. The summed E-state index contributed by atoms with van der Waals surface area (Å²) >= 11 is 2.94. The van der Waals surface area contributed by atoms with Crippen LogP contribution in [0.3, 0.4) is 0 Å². The third-order valence-electron chi connectivity index (χ3n) is 6.79. The topological polar surface area (TPSA) is 122 Å². The van der Waals surface area contributed by atoms with Crippen LogP contribution in [0, 0.1) is 22.7 Å². The number of esters is 1. The summed E-state index contributed by atoms with van der Waals surface area (Å²) in [6.45, 7) is 1.90. The normalized spacial score (nSPS) is 16.6. The average Bonchev–Trinajstić information content (AvgIpc) is 3.50. The smallest absolute Gasteiger partial charge is 0.338 e. The molecule has 9 heteroatoms. The van der Waals surface area contributed by atoms with Crippen LogP contribution in [0.25, 0.3) is 10.4 Å². The van der Waals surface area contributed by atoms with Gasteiger partial charge in [-0.25, -0.2) is 9.78 Å². The van der Waals surface area contributed by atoms with Crippen LogP contribution in [-0.2, 0) is 27.1 Å². The van der Waals surface area contributed by atoms with E-state index in [2.05, 4.69) is 12.1 Å². The monoisotopic (exact) mass is 554 g/mol. The molecule has 196 valence electrons. The van der Waals surface area contributed by atoms with Gasteiger partial charge in [0.15, 0.2) is 0 Å². The fourth-order valence-corrected chi connectivity index (χ4v) is 6.84. The van der Waals surface area contributed by atoms with Gasteiger partial charge in [0, 0.05) is 16.1 Å². The number of carbonyl (C=O) groups is 1. The number of allylic oxidation sites excluding steroid dienone is 1. The maximum Gasteiger partial charge on any atom is 0.338 e. The molecule has 7 nitrogen and oxygen atoms in total. The molecule has 1 unspecified atom stereocenters. The minimum Gasteiger partial charge on any atom is -0.463 e. The van der Waals surface area contributed by atoms with Gasteiger partial charge in [-0.2, -0.15) is 10.5 Å². The number of nitrogens with zero attached hydrogens (tertiary/aromatic N) is 3. The number of nitriles is 2. The first-order valence-corrected chi connectivity index (χ1v) is 14.6. The van der Waals surface area contributed by atoms with Crippen molar-refractivity contribution in [1.82, 2.24) is 4.98 Å². The van der Waals surface area contributed by atoms with Crippen LogP contribution in [0.5, 0.6) is 0 Å². The molecule has 3 aromatic rings. The molecule has 0 amide bonds. The molecule has 2 aromatic heterocycles. The summed E-state index contributed by atoms with van der Waals surface area (Å²) in [5.74, 6) is -0.868. The lowest BCUT2D eigenvalue weighted by Crippen LogP contribution is -2.27. The van der Waals surface area contributed by atoms with Gasteiger partial charge in [-0.1, -0.05) is 48.2 Å². The molecule has 1 atom stereocenters. The van der Waals surface area contributed by atoms with Crippen LogP contribution in [0.2, 0.25) is 0 Å². The summed E-state index contributed by atoms with van der Waals surface area (Å²) in [5.41, 5.74) is 11.0. The number of rotatable bonds is 7. The highest BCUT2D eigenvalue weighted by Gasteiger charge is 2.38.